The third-order valence-electron chi connectivity index (χ3n) is 4.20. The molecule has 144 valence electrons. The van der Waals surface area contributed by atoms with Crippen LogP contribution in [0.4, 0.5) is 0 Å². The highest BCUT2D eigenvalue weighted by Gasteiger charge is 2.14. The summed E-state index contributed by atoms with van der Waals surface area (Å²) >= 11 is 0. The molecule has 2 aromatic rings. The van der Waals surface area contributed by atoms with E-state index in [2.05, 4.69) is 5.32 Å². The van der Waals surface area contributed by atoms with Crippen molar-refractivity contribution < 1.29 is 19.1 Å². The Morgan fingerprint density at radius 1 is 0.963 bits per heavy atom. The number of benzene rings is 2. The molecule has 0 spiro atoms. The second-order valence-electron chi connectivity index (χ2n) is 6.04. The lowest BCUT2D eigenvalue weighted by molar-refractivity contribution is -0.133. The Kier molecular flexibility index (Phi) is 7.67. The molecule has 0 saturated carbocycles. The van der Waals surface area contributed by atoms with Gasteiger partial charge in [-0.3, -0.25) is 9.59 Å². The molecule has 6 nitrogen and oxygen atoms in total. The van der Waals surface area contributed by atoms with Gasteiger partial charge in [0.1, 0.15) is 0 Å². The predicted molar refractivity (Wildman–Crippen MR) is 104 cm³/mol. The summed E-state index contributed by atoms with van der Waals surface area (Å²) in [5, 5.41) is 2.70. The molecular weight excluding hydrogens is 344 g/mol. The van der Waals surface area contributed by atoms with Crippen LogP contribution in [-0.2, 0) is 22.6 Å². The molecule has 2 rings (SSSR count). The van der Waals surface area contributed by atoms with E-state index in [0.29, 0.717) is 24.6 Å². The summed E-state index contributed by atoms with van der Waals surface area (Å²) in [5.74, 6) is 0.851. The van der Waals surface area contributed by atoms with Crippen molar-refractivity contribution in [1.29, 1.82) is 0 Å². The van der Waals surface area contributed by atoms with Gasteiger partial charge in [-0.05, 0) is 30.2 Å². The molecule has 0 aliphatic heterocycles. The number of ether oxygens (including phenoxy) is 2. The summed E-state index contributed by atoms with van der Waals surface area (Å²) in [5.41, 5.74) is 1.85. The van der Waals surface area contributed by atoms with Crippen LogP contribution in [0.2, 0.25) is 0 Å². The lowest BCUT2D eigenvalue weighted by atomic mass is 10.1. The molecule has 27 heavy (non-hydrogen) atoms. The first-order valence-corrected chi connectivity index (χ1v) is 8.86. The highest BCUT2D eigenvalue weighted by atomic mass is 16.5. The zero-order chi connectivity index (χ0) is 19.6. The second kappa shape index (κ2) is 10.2. The Bertz CT molecular complexity index is 762. The number of likely N-dealkylation sites (N-methyl/N-ethyl adjacent to an activating group) is 1. The standard InChI is InChI=1S/C21H26N2O4/c1-4-23(15-16-8-6-5-7-9-16)21(25)14-22-20(24)13-17-10-11-18(26-2)19(12-17)27-3/h5-12H,4,13-15H2,1-3H3,(H,22,24). The van der Waals surface area contributed by atoms with Crippen molar-refractivity contribution >= 4 is 11.8 Å². The van der Waals surface area contributed by atoms with Gasteiger partial charge >= 0.3 is 0 Å². The number of nitrogens with one attached hydrogen (secondary N) is 1. The van der Waals surface area contributed by atoms with Gasteiger partial charge in [-0.15, -0.1) is 0 Å². The Balaban J connectivity index is 1.87. The molecule has 2 amide bonds. The lowest BCUT2D eigenvalue weighted by Gasteiger charge is -2.21. The van der Waals surface area contributed by atoms with Gasteiger partial charge in [0, 0.05) is 13.1 Å². The zero-order valence-corrected chi connectivity index (χ0v) is 16.0. The third kappa shape index (κ3) is 6.02. The highest BCUT2D eigenvalue weighted by molar-refractivity contribution is 5.85. The quantitative estimate of drug-likeness (QED) is 0.736. The number of amides is 2. The zero-order valence-electron chi connectivity index (χ0n) is 16.0. The number of hydrogen-bond donors (Lipinski definition) is 1. The smallest absolute Gasteiger partial charge is 0.242 e. The maximum absolute atomic E-state index is 12.4. The Labute approximate surface area is 160 Å². The van der Waals surface area contributed by atoms with Crippen LogP contribution < -0.4 is 14.8 Å². The van der Waals surface area contributed by atoms with Gasteiger partial charge in [0.15, 0.2) is 11.5 Å². The van der Waals surface area contributed by atoms with E-state index in [1.165, 1.54) is 0 Å². The third-order valence-corrected chi connectivity index (χ3v) is 4.20. The number of hydrogen-bond acceptors (Lipinski definition) is 4. The monoisotopic (exact) mass is 370 g/mol. The number of rotatable bonds is 9. The van der Waals surface area contributed by atoms with E-state index in [-0.39, 0.29) is 24.8 Å². The molecule has 0 fully saturated rings. The number of nitrogens with zero attached hydrogens (tertiary/aromatic N) is 1. The first-order chi connectivity index (χ1) is 13.1. The first-order valence-electron chi connectivity index (χ1n) is 8.86. The fraction of sp³-hybridized carbons (Fsp3) is 0.333. The van der Waals surface area contributed by atoms with Crippen molar-refractivity contribution in [2.24, 2.45) is 0 Å². The lowest BCUT2D eigenvalue weighted by Crippen LogP contribution is -2.40. The number of carbonyl (C=O) groups excluding carboxylic acids is 2. The van der Waals surface area contributed by atoms with Gasteiger partial charge in [0.05, 0.1) is 27.2 Å². The molecule has 0 aliphatic carbocycles. The van der Waals surface area contributed by atoms with E-state index in [4.69, 9.17) is 9.47 Å². The largest absolute Gasteiger partial charge is 0.493 e. The number of methoxy groups -OCH3 is 2. The van der Waals surface area contributed by atoms with Crippen molar-refractivity contribution in [2.75, 3.05) is 27.3 Å². The van der Waals surface area contributed by atoms with Gasteiger partial charge in [-0.2, -0.15) is 0 Å². The van der Waals surface area contributed by atoms with Crippen LogP contribution in [-0.4, -0.2) is 44.0 Å². The second-order valence-corrected chi connectivity index (χ2v) is 6.04. The van der Waals surface area contributed by atoms with E-state index in [0.717, 1.165) is 11.1 Å². The Morgan fingerprint density at radius 3 is 2.30 bits per heavy atom. The van der Waals surface area contributed by atoms with Crippen molar-refractivity contribution in [3.8, 4) is 11.5 Å². The van der Waals surface area contributed by atoms with Gasteiger partial charge in [-0.25, -0.2) is 0 Å². The van der Waals surface area contributed by atoms with Crippen molar-refractivity contribution in [3.63, 3.8) is 0 Å². The molecule has 0 heterocycles. The topological polar surface area (TPSA) is 67.9 Å². The van der Waals surface area contributed by atoms with Crippen LogP contribution in [0.3, 0.4) is 0 Å². The Morgan fingerprint density at radius 2 is 1.67 bits per heavy atom. The van der Waals surface area contributed by atoms with Crippen LogP contribution >= 0.6 is 0 Å². The van der Waals surface area contributed by atoms with Crippen LogP contribution in [0.15, 0.2) is 48.5 Å². The molecule has 0 aromatic heterocycles. The minimum absolute atomic E-state index is 0.0210. The summed E-state index contributed by atoms with van der Waals surface area (Å²) in [4.78, 5) is 26.3. The van der Waals surface area contributed by atoms with E-state index >= 15 is 0 Å². The molecule has 2 aromatic carbocycles. The van der Waals surface area contributed by atoms with Crippen molar-refractivity contribution in [2.45, 2.75) is 19.9 Å². The minimum atomic E-state index is -0.216. The van der Waals surface area contributed by atoms with Crippen LogP contribution in [0, 0.1) is 0 Å². The predicted octanol–water partition coefficient (Wildman–Crippen LogP) is 2.41. The van der Waals surface area contributed by atoms with Crippen LogP contribution in [0.1, 0.15) is 18.1 Å². The Hall–Kier alpha value is -3.02. The summed E-state index contributed by atoms with van der Waals surface area (Å²) < 4.78 is 10.4. The fourth-order valence-electron chi connectivity index (χ4n) is 2.70. The summed E-state index contributed by atoms with van der Waals surface area (Å²) in [6.07, 6.45) is 0.165. The molecule has 0 aliphatic rings. The molecule has 0 radical (unpaired) electrons. The van der Waals surface area contributed by atoms with E-state index < -0.39 is 0 Å². The van der Waals surface area contributed by atoms with Crippen LogP contribution in [0.5, 0.6) is 11.5 Å². The summed E-state index contributed by atoms with van der Waals surface area (Å²) in [6.45, 7) is 3.01. The van der Waals surface area contributed by atoms with Gasteiger partial charge in [-0.1, -0.05) is 36.4 Å². The van der Waals surface area contributed by atoms with Gasteiger partial charge < -0.3 is 19.7 Å². The maximum Gasteiger partial charge on any atom is 0.242 e. The van der Waals surface area contributed by atoms with E-state index in [1.807, 2.05) is 37.3 Å². The molecule has 1 N–H and O–H groups in total. The minimum Gasteiger partial charge on any atom is -0.493 e. The van der Waals surface area contributed by atoms with Gasteiger partial charge in [0.25, 0.3) is 0 Å². The molecule has 6 heteroatoms. The SMILES string of the molecule is CCN(Cc1ccccc1)C(=O)CNC(=O)Cc1ccc(OC)c(OC)c1. The van der Waals surface area contributed by atoms with Gasteiger partial charge in [0.2, 0.25) is 11.8 Å². The summed E-state index contributed by atoms with van der Waals surface area (Å²) in [6, 6.07) is 15.1. The molecule has 0 atom stereocenters. The average molecular weight is 370 g/mol. The first kappa shape index (κ1) is 20.3. The highest BCUT2D eigenvalue weighted by Crippen LogP contribution is 2.27. The normalized spacial score (nSPS) is 10.2. The molecule has 0 bridgehead atoms. The fourth-order valence-corrected chi connectivity index (χ4v) is 2.70. The van der Waals surface area contributed by atoms with E-state index in [9.17, 15) is 9.59 Å². The summed E-state index contributed by atoms with van der Waals surface area (Å²) in [7, 11) is 3.11. The average Bonchev–Trinajstić information content (AvgIpc) is 2.70. The van der Waals surface area contributed by atoms with Crippen molar-refractivity contribution in [3.05, 3.63) is 59.7 Å². The molecule has 0 unspecified atom stereocenters. The maximum atomic E-state index is 12.4. The number of carbonyl (C=O) groups is 2. The van der Waals surface area contributed by atoms with Crippen LogP contribution in [0.25, 0.3) is 0 Å². The molecular formula is C21H26N2O4. The van der Waals surface area contributed by atoms with E-state index in [1.54, 1.807) is 37.3 Å². The molecule has 0 saturated heterocycles. The van der Waals surface area contributed by atoms with Crippen molar-refractivity contribution in [1.82, 2.24) is 10.2 Å².